The van der Waals surface area contributed by atoms with Crippen LogP contribution in [0.4, 0.5) is 4.39 Å². The predicted molar refractivity (Wildman–Crippen MR) is 120 cm³/mol. The van der Waals surface area contributed by atoms with E-state index in [0.717, 1.165) is 24.2 Å². The van der Waals surface area contributed by atoms with Crippen molar-refractivity contribution in [2.75, 3.05) is 26.2 Å². The molecule has 1 heterocycles. The Balaban J connectivity index is 1.32. The van der Waals surface area contributed by atoms with Gasteiger partial charge in [0.2, 0.25) is 0 Å². The molecule has 1 aliphatic heterocycles. The summed E-state index contributed by atoms with van der Waals surface area (Å²) in [5, 5.41) is 0.561. The Morgan fingerprint density at radius 2 is 1.65 bits per heavy atom. The van der Waals surface area contributed by atoms with Gasteiger partial charge in [0, 0.05) is 38.3 Å². The van der Waals surface area contributed by atoms with Crippen LogP contribution in [0, 0.1) is 5.82 Å². The summed E-state index contributed by atoms with van der Waals surface area (Å²) in [6.07, 6.45) is 0. The molecule has 1 fully saturated rings. The summed E-state index contributed by atoms with van der Waals surface area (Å²) in [7, 11) is 0. The molecule has 1 aliphatic rings. The summed E-state index contributed by atoms with van der Waals surface area (Å²) < 4.78 is 19.2. The zero-order valence-electron chi connectivity index (χ0n) is 17.1. The maximum atomic E-state index is 13.4. The van der Waals surface area contributed by atoms with E-state index in [-0.39, 0.29) is 11.7 Å². The number of carbonyl (C=O) groups excluding carboxylic acids is 1. The molecular formula is C25H24ClFN2O2. The Morgan fingerprint density at radius 1 is 0.903 bits per heavy atom. The molecule has 0 saturated carbocycles. The third-order valence-corrected chi connectivity index (χ3v) is 5.67. The lowest BCUT2D eigenvalue weighted by atomic mass is 10.1. The van der Waals surface area contributed by atoms with Crippen LogP contribution in [0.1, 0.15) is 21.5 Å². The average Bonchev–Trinajstić information content (AvgIpc) is 2.79. The lowest BCUT2D eigenvalue weighted by molar-refractivity contribution is 0.0628. The van der Waals surface area contributed by atoms with E-state index in [1.807, 2.05) is 53.4 Å². The van der Waals surface area contributed by atoms with Gasteiger partial charge in [-0.1, -0.05) is 48.0 Å². The van der Waals surface area contributed by atoms with Crippen molar-refractivity contribution in [3.63, 3.8) is 0 Å². The van der Waals surface area contributed by atoms with Crippen molar-refractivity contribution in [3.8, 4) is 5.75 Å². The van der Waals surface area contributed by atoms with E-state index >= 15 is 0 Å². The first-order chi connectivity index (χ1) is 15.1. The summed E-state index contributed by atoms with van der Waals surface area (Å²) in [5.41, 5.74) is 2.51. The van der Waals surface area contributed by atoms with Gasteiger partial charge >= 0.3 is 0 Å². The molecule has 0 aliphatic carbocycles. The van der Waals surface area contributed by atoms with Crippen LogP contribution in [0.2, 0.25) is 5.02 Å². The van der Waals surface area contributed by atoms with Gasteiger partial charge in [-0.2, -0.15) is 0 Å². The fourth-order valence-electron chi connectivity index (χ4n) is 3.70. The highest BCUT2D eigenvalue weighted by atomic mass is 35.5. The summed E-state index contributed by atoms with van der Waals surface area (Å²) in [4.78, 5) is 17.1. The van der Waals surface area contributed by atoms with Crippen LogP contribution < -0.4 is 4.74 Å². The number of amides is 1. The second-order valence-corrected chi connectivity index (χ2v) is 8.02. The van der Waals surface area contributed by atoms with Crippen LogP contribution in [-0.2, 0) is 13.2 Å². The quantitative estimate of drug-likeness (QED) is 0.542. The molecule has 0 radical (unpaired) electrons. The number of para-hydroxylation sites is 1. The number of benzene rings is 3. The second kappa shape index (κ2) is 9.94. The minimum Gasteiger partial charge on any atom is -0.487 e. The molecule has 4 rings (SSSR count). The van der Waals surface area contributed by atoms with Gasteiger partial charge in [-0.25, -0.2) is 4.39 Å². The van der Waals surface area contributed by atoms with E-state index in [1.54, 1.807) is 18.2 Å². The second-order valence-electron chi connectivity index (χ2n) is 7.62. The molecule has 31 heavy (non-hydrogen) atoms. The number of hydrogen-bond donors (Lipinski definition) is 0. The molecule has 160 valence electrons. The van der Waals surface area contributed by atoms with E-state index in [2.05, 4.69) is 4.90 Å². The van der Waals surface area contributed by atoms with Crippen molar-refractivity contribution in [1.29, 1.82) is 0 Å². The third kappa shape index (κ3) is 5.63. The summed E-state index contributed by atoms with van der Waals surface area (Å²) >= 11 is 6.14. The number of ether oxygens (including phenoxy) is 1. The minimum atomic E-state index is -0.218. The molecule has 1 saturated heterocycles. The van der Waals surface area contributed by atoms with Crippen molar-refractivity contribution in [2.24, 2.45) is 0 Å². The van der Waals surface area contributed by atoms with Gasteiger partial charge in [0.25, 0.3) is 5.91 Å². The highest BCUT2D eigenvalue weighted by Gasteiger charge is 2.22. The fourth-order valence-corrected chi connectivity index (χ4v) is 3.89. The van der Waals surface area contributed by atoms with Crippen molar-refractivity contribution in [1.82, 2.24) is 9.80 Å². The average molecular weight is 439 g/mol. The smallest absolute Gasteiger partial charge is 0.253 e. The summed E-state index contributed by atoms with van der Waals surface area (Å²) in [6.45, 7) is 3.85. The van der Waals surface area contributed by atoms with Gasteiger partial charge < -0.3 is 9.64 Å². The van der Waals surface area contributed by atoms with Gasteiger partial charge in [0.15, 0.2) is 0 Å². The molecule has 4 nitrogen and oxygen atoms in total. The number of carbonyl (C=O) groups is 1. The zero-order chi connectivity index (χ0) is 21.6. The molecule has 0 atom stereocenters. The van der Waals surface area contributed by atoms with Gasteiger partial charge in [0.05, 0.1) is 5.02 Å². The van der Waals surface area contributed by atoms with Crippen LogP contribution >= 0.6 is 11.6 Å². The maximum Gasteiger partial charge on any atom is 0.253 e. The van der Waals surface area contributed by atoms with Gasteiger partial charge in [-0.15, -0.1) is 0 Å². The lowest BCUT2D eigenvalue weighted by Gasteiger charge is -2.34. The molecule has 1 amide bonds. The Kier molecular flexibility index (Phi) is 6.85. The highest BCUT2D eigenvalue weighted by molar-refractivity contribution is 6.32. The van der Waals surface area contributed by atoms with E-state index in [1.165, 1.54) is 6.07 Å². The molecule has 3 aromatic carbocycles. The maximum absolute atomic E-state index is 13.4. The largest absolute Gasteiger partial charge is 0.487 e. The van der Waals surface area contributed by atoms with E-state index in [4.69, 9.17) is 16.3 Å². The normalized spacial score (nSPS) is 14.5. The molecule has 0 unspecified atom stereocenters. The van der Waals surface area contributed by atoms with Crippen LogP contribution in [0.3, 0.4) is 0 Å². The zero-order valence-corrected chi connectivity index (χ0v) is 17.9. The Bertz CT molecular complexity index is 1050. The highest BCUT2D eigenvalue weighted by Crippen LogP contribution is 2.24. The van der Waals surface area contributed by atoms with Crippen LogP contribution in [-0.4, -0.2) is 41.9 Å². The topological polar surface area (TPSA) is 32.8 Å². The minimum absolute atomic E-state index is 0.0185. The Morgan fingerprint density at radius 3 is 2.42 bits per heavy atom. The number of nitrogens with zero attached hydrogens (tertiary/aromatic N) is 2. The van der Waals surface area contributed by atoms with Crippen molar-refractivity contribution in [2.45, 2.75) is 13.2 Å². The number of rotatable bonds is 6. The van der Waals surface area contributed by atoms with E-state index in [0.29, 0.717) is 42.6 Å². The third-order valence-electron chi connectivity index (χ3n) is 5.36. The van der Waals surface area contributed by atoms with Crippen molar-refractivity contribution in [3.05, 3.63) is 100 Å². The van der Waals surface area contributed by atoms with E-state index < -0.39 is 0 Å². The molecular weight excluding hydrogens is 415 g/mol. The van der Waals surface area contributed by atoms with Crippen molar-refractivity contribution >= 4 is 17.5 Å². The lowest BCUT2D eigenvalue weighted by Crippen LogP contribution is -2.48. The van der Waals surface area contributed by atoms with Gasteiger partial charge in [-0.05, 0) is 47.5 Å². The van der Waals surface area contributed by atoms with E-state index in [9.17, 15) is 9.18 Å². The number of hydrogen-bond acceptors (Lipinski definition) is 3. The monoisotopic (exact) mass is 438 g/mol. The fraction of sp³-hybridized carbons (Fsp3) is 0.240. The molecule has 0 spiro atoms. The Hall–Kier alpha value is -2.89. The first-order valence-electron chi connectivity index (χ1n) is 10.3. The summed E-state index contributed by atoms with van der Waals surface area (Å²) in [5.74, 6) is 0.421. The Labute approximate surface area is 186 Å². The van der Waals surface area contributed by atoms with Gasteiger partial charge in [-0.3, -0.25) is 9.69 Å². The molecule has 0 N–H and O–H groups in total. The molecule has 0 bridgehead atoms. The van der Waals surface area contributed by atoms with Gasteiger partial charge in [0.1, 0.15) is 18.2 Å². The first kappa shape index (κ1) is 21.3. The number of halogens is 2. The van der Waals surface area contributed by atoms with Crippen LogP contribution in [0.15, 0.2) is 72.8 Å². The summed E-state index contributed by atoms with van der Waals surface area (Å²) in [6, 6.07) is 21.5. The number of piperazine rings is 1. The molecule has 0 aromatic heterocycles. The molecule has 6 heteroatoms. The predicted octanol–water partition coefficient (Wildman–Crippen LogP) is 5.02. The van der Waals surface area contributed by atoms with Crippen LogP contribution in [0.5, 0.6) is 5.75 Å². The van der Waals surface area contributed by atoms with Crippen LogP contribution in [0.25, 0.3) is 0 Å². The molecule has 3 aromatic rings. The first-order valence-corrected chi connectivity index (χ1v) is 10.7. The van der Waals surface area contributed by atoms with Crippen molar-refractivity contribution < 1.29 is 13.9 Å². The SMILES string of the molecule is O=C(c1cccc(COc2ccccc2Cl)c1)N1CCN(Cc2cccc(F)c2)CC1. The standard InChI is InChI=1S/C25H24ClFN2O2/c26-23-9-1-2-10-24(23)31-18-20-6-3-7-21(15-20)25(30)29-13-11-28(12-14-29)17-19-5-4-8-22(27)16-19/h1-10,15-16H,11-14,17-18H2.